The number of carbonyl (C=O) groups is 1. The van der Waals surface area contributed by atoms with Crippen molar-refractivity contribution in [3.63, 3.8) is 0 Å². The van der Waals surface area contributed by atoms with Crippen molar-refractivity contribution in [1.29, 1.82) is 0 Å². The number of hydrogen-bond donors (Lipinski definition) is 1. The molecule has 0 spiro atoms. The van der Waals surface area contributed by atoms with E-state index in [1.54, 1.807) is 23.6 Å². The van der Waals surface area contributed by atoms with Crippen LogP contribution in [0.4, 0.5) is 5.82 Å². The SMILES string of the molecule is CCn1c(SCC(=O)Nc2ccc(Br)cn2)nnc1-c1csc2ccccc12. The van der Waals surface area contributed by atoms with Crippen LogP contribution in [0, 0.1) is 0 Å². The third kappa shape index (κ3) is 3.96. The zero-order chi connectivity index (χ0) is 19.5. The first-order valence-electron chi connectivity index (χ1n) is 8.59. The largest absolute Gasteiger partial charge is 0.310 e. The lowest BCUT2D eigenvalue weighted by Crippen LogP contribution is -2.15. The Morgan fingerprint density at radius 1 is 1.25 bits per heavy atom. The van der Waals surface area contributed by atoms with E-state index in [1.807, 2.05) is 22.8 Å². The number of hydrogen-bond acceptors (Lipinski definition) is 6. The Bertz CT molecular complexity index is 1120. The van der Waals surface area contributed by atoms with Crippen molar-refractivity contribution in [2.24, 2.45) is 0 Å². The van der Waals surface area contributed by atoms with Gasteiger partial charge in [0, 0.05) is 38.2 Å². The molecule has 0 saturated heterocycles. The van der Waals surface area contributed by atoms with E-state index in [0.717, 1.165) is 27.6 Å². The summed E-state index contributed by atoms with van der Waals surface area (Å²) in [6.07, 6.45) is 1.65. The number of carbonyl (C=O) groups excluding carboxylic acids is 1. The molecule has 0 aliphatic rings. The van der Waals surface area contributed by atoms with Gasteiger partial charge in [-0.05, 0) is 41.1 Å². The van der Waals surface area contributed by atoms with Gasteiger partial charge in [0.25, 0.3) is 0 Å². The fraction of sp³-hybridized carbons (Fsp3) is 0.158. The molecule has 1 N–H and O–H groups in total. The number of pyridine rings is 1. The highest BCUT2D eigenvalue weighted by molar-refractivity contribution is 9.10. The lowest BCUT2D eigenvalue weighted by atomic mass is 10.1. The summed E-state index contributed by atoms with van der Waals surface area (Å²) < 4.78 is 4.13. The van der Waals surface area contributed by atoms with Crippen molar-refractivity contribution in [3.05, 3.63) is 52.4 Å². The topological polar surface area (TPSA) is 72.7 Å². The Morgan fingerprint density at radius 2 is 2.11 bits per heavy atom. The molecule has 9 heteroatoms. The highest BCUT2D eigenvalue weighted by Crippen LogP contribution is 2.34. The van der Waals surface area contributed by atoms with E-state index in [-0.39, 0.29) is 11.7 Å². The molecule has 28 heavy (non-hydrogen) atoms. The van der Waals surface area contributed by atoms with Crippen LogP contribution in [0.2, 0.25) is 0 Å². The van der Waals surface area contributed by atoms with Crippen LogP contribution in [-0.4, -0.2) is 31.4 Å². The van der Waals surface area contributed by atoms with Crippen LogP contribution >= 0.6 is 39.0 Å². The molecule has 0 bridgehead atoms. The Kier molecular flexibility index (Phi) is 5.74. The number of rotatable bonds is 6. The van der Waals surface area contributed by atoms with E-state index in [1.165, 1.54) is 21.8 Å². The van der Waals surface area contributed by atoms with Crippen LogP contribution in [0.1, 0.15) is 6.92 Å². The molecule has 0 saturated carbocycles. The number of halogens is 1. The van der Waals surface area contributed by atoms with E-state index < -0.39 is 0 Å². The normalized spacial score (nSPS) is 11.1. The van der Waals surface area contributed by atoms with E-state index in [0.29, 0.717) is 5.82 Å². The van der Waals surface area contributed by atoms with Gasteiger partial charge in [0.15, 0.2) is 11.0 Å². The molecule has 4 aromatic rings. The van der Waals surface area contributed by atoms with Crippen molar-refractivity contribution < 1.29 is 4.79 Å². The first-order valence-corrected chi connectivity index (χ1v) is 11.3. The average Bonchev–Trinajstić information content (AvgIpc) is 3.31. The zero-order valence-corrected chi connectivity index (χ0v) is 18.1. The minimum Gasteiger partial charge on any atom is -0.310 e. The molecular formula is C19H16BrN5OS2. The highest BCUT2D eigenvalue weighted by Gasteiger charge is 2.17. The van der Waals surface area contributed by atoms with E-state index in [9.17, 15) is 4.79 Å². The first kappa shape index (κ1) is 19.1. The van der Waals surface area contributed by atoms with Crippen LogP contribution in [0.25, 0.3) is 21.5 Å². The molecule has 0 aliphatic carbocycles. The predicted molar refractivity (Wildman–Crippen MR) is 118 cm³/mol. The Hall–Kier alpha value is -2.23. The highest BCUT2D eigenvalue weighted by atomic mass is 79.9. The number of thioether (sulfide) groups is 1. The molecule has 0 aliphatic heterocycles. The van der Waals surface area contributed by atoms with Crippen molar-refractivity contribution in [1.82, 2.24) is 19.7 Å². The maximum Gasteiger partial charge on any atom is 0.236 e. The zero-order valence-electron chi connectivity index (χ0n) is 14.9. The van der Waals surface area contributed by atoms with Gasteiger partial charge in [0.1, 0.15) is 5.82 Å². The van der Waals surface area contributed by atoms with Crippen LogP contribution in [0.3, 0.4) is 0 Å². The van der Waals surface area contributed by atoms with Gasteiger partial charge in [-0.15, -0.1) is 21.5 Å². The summed E-state index contributed by atoms with van der Waals surface area (Å²) in [6.45, 7) is 2.78. The smallest absolute Gasteiger partial charge is 0.236 e. The molecule has 142 valence electrons. The summed E-state index contributed by atoms with van der Waals surface area (Å²) >= 11 is 6.39. The predicted octanol–water partition coefficient (Wildman–Crippen LogP) is 5.07. The standard InChI is InChI=1S/C19H16BrN5OS2/c1-2-25-18(14-10-27-15-6-4-3-5-13(14)15)23-24-19(25)28-11-17(26)22-16-8-7-12(20)9-21-16/h3-10H,2,11H2,1H3,(H,21,22,26). The summed E-state index contributed by atoms with van der Waals surface area (Å²) in [4.78, 5) is 16.4. The number of amides is 1. The lowest BCUT2D eigenvalue weighted by molar-refractivity contribution is -0.113. The average molecular weight is 474 g/mol. The van der Waals surface area contributed by atoms with Crippen molar-refractivity contribution in [2.45, 2.75) is 18.6 Å². The maximum absolute atomic E-state index is 12.2. The second kappa shape index (κ2) is 8.42. The lowest BCUT2D eigenvalue weighted by Gasteiger charge is -2.07. The molecule has 4 rings (SSSR count). The van der Waals surface area contributed by atoms with Gasteiger partial charge in [-0.25, -0.2) is 4.98 Å². The van der Waals surface area contributed by atoms with Crippen molar-refractivity contribution >= 4 is 60.8 Å². The van der Waals surface area contributed by atoms with E-state index >= 15 is 0 Å². The number of anilines is 1. The molecule has 0 unspecified atom stereocenters. The third-order valence-electron chi connectivity index (χ3n) is 4.08. The fourth-order valence-corrected chi connectivity index (χ4v) is 4.77. The molecule has 1 amide bonds. The molecule has 6 nitrogen and oxygen atoms in total. The van der Waals surface area contributed by atoms with Gasteiger partial charge in [-0.3, -0.25) is 4.79 Å². The molecular weight excluding hydrogens is 458 g/mol. The van der Waals surface area contributed by atoms with Gasteiger partial charge in [-0.1, -0.05) is 30.0 Å². The van der Waals surface area contributed by atoms with E-state index in [4.69, 9.17) is 0 Å². The summed E-state index contributed by atoms with van der Waals surface area (Å²) in [5, 5.41) is 15.5. The quantitative estimate of drug-likeness (QED) is 0.395. The molecule has 3 heterocycles. The fourth-order valence-electron chi connectivity index (χ4n) is 2.79. The number of nitrogens with zero attached hydrogens (tertiary/aromatic N) is 4. The Morgan fingerprint density at radius 3 is 2.89 bits per heavy atom. The number of aromatic nitrogens is 4. The van der Waals surface area contributed by atoms with Crippen molar-refractivity contribution in [3.8, 4) is 11.4 Å². The summed E-state index contributed by atoms with van der Waals surface area (Å²) in [5.74, 6) is 1.46. The van der Waals surface area contributed by atoms with Gasteiger partial charge in [0.2, 0.25) is 5.91 Å². The minimum absolute atomic E-state index is 0.131. The monoisotopic (exact) mass is 473 g/mol. The van der Waals surface area contributed by atoms with Crippen LogP contribution in [0.5, 0.6) is 0 Å². The van der Waals surface area contributed by atoms with E-state index in [2.05, 4.69) is 60.9 Å². The van der Waals surface area contributed by atoms with Crippen LogP contribution < -0.4 is 5.32 Å². The maximum atomic E-state index is 12.2. The third-order valence-corrected chi connectivity index (χ3v) is 6.48. The summed E-state index contributed by atoms with van der Waals surface area (Å²) in [7, 11) is 0. The van der Waals surface area contributed by atoms with Gasteiger partial charge >= 0.3 is 0 Å². The summed E-state index contributed by atoms with van der Waals surface area (Å²) in [5.41, 5.74) is 1.07. The van der Waals surface area contributed by atoms with Crippen LogP contribution in [-0.2, 0) is 11.3 Å². The molecule has 1 aromatic carbocycles. The minimum atomic E-state index is -0.131. The number of thiophene rings is 1. The molecule has 0 fully saturated rings. The second-order valence-corrected chi connectivity index (χ2v) is 8.66. The summed E-state index contributed by atoms with van der Waals surface area (Å²) in [6, 6.07) is 11.9. The van der Waals surface area contributed by atoms with Gasteiger partial charge < -0.3 is 9.88 Å². The number of nitrogens with one attached hydrogen (secondary N) is 1. The Labute approximate surface area is 178 Å². The van der Waals surface area contributed by atoms with Crippen LogP contribution in [0.15, 0.2) is 57.6 Å². The number of fused-ring (bicyclic) bond motifs is 1. The Balaban J connectivity index is 1.50. The molecule has 3 aromatic heterocycles. The molecule has 0 atom stereocenters. The second-order valence-electron chi connectivity index (χ2n) is 5.89. The van der Waals surface area contributed by atoms with Gasteiger partial charge in [-0.2, -0.15) is 0 Å². The van der Waals surface area contributed by atoms with Gasteiger partial charge in [0.05, 0.1) is 5.75 Å². The number of benzene rings is 1. The molecule has 0 radical (unpaired) electrons. The first-order chi connectivity index (χ1) is 13.7. The van der Waals surface area contributed by atoms with Crippen molar-refractivity contribution in [2.75, 3.05) is 11.1 Å².